The fourth-order valence-electron chi connectivity index (χ4n) is 3.04. The summed E-state index contributed by atoms with van der Waals surface area (Å²) in [5, 5.41) is 14.7. The monoisotopic (exact) mass is 565 g/mol. The number of nitrogens with one attached hydrogen (secondary N) is 2. The van der Waals surface area contributed by atoms with Crippen LogP contribution in [0.1, 0.15) is 32.2 Å². The van der Waals surface area contributed by atoms with Crippen molar-refractivity contribution in [2.75, 3.05) is 19.7 Å². The van der Waals surface area contributed by atoms with E-state index < -0.39 is 0 Å². The van der Waals surface area contributed by atoms with Gasteiger partial charge in [0.2, 0.25) is 5.88 Å². The third kappa shape index (κ3) is 8.52. The standard InChI is InChI=1S/C23H31N7O2.HI/c1-4-21-29-28-17-30(21)14-13-26-23(24-5-2)27-16-18-11-12-25-22(15-18)32-20-9-7-19(8-10-20)31-6-3;/h7-12,15,17H,4-6,13-14,16H2,1-3H3,(H2,24,26,27);1H. The molecule has 33 heavy (non-hydrogen) atoms. The largest absolute Gasteiger partial charge is 0.494 e. The number of ether oxygens (including phenoxy) is 2. The molecule has 0 aliphatic carbocycles. The van der Waals surface area contributed by atoms with Gasteiger partial charge in [0.15, 0.2) is 5.96 Å². The third-order valence-corrected chi connectivity index (χ3v) is 4.58. The summed E-state index contributed by atoms with van der Waals surface area (Å²) in [6, 6.07) is 11.3. The summed E-state index contributed by atoms with van der Waals surface area (Å²) in [5.74, 6) is 3.78. The number of hydrogen-bond donors (Lipinski definition) is 2. The van der Waals surface area contributed by atoms with Crippen molar-refractivity contribution >= 4 is 29.9 Å². The van der Waals surface area contributed by atoms with Crippen LogP contribution in [-0.2, 0) is 19.5 Å². The molecule has 2 N–H and O–H groups in total. The number of aromatic nitrogens is 4. The molecule has 10 heteroatoms. The highest BCUT2D eigenvalue weighted by atomic mass is 127. The van der Waals surface area contributed by atoms with Gasteiger partial charge in [0, 0.05) is 38.3 Å². The second kappa shape index (κ2) is 14.3. The molecule has 0 saturated heterocycles. The third-order valence-electron chi connectivity index (χ3n) is 4.58. The highest BCUT2D eigenvalue weighted by molar-refractivity contribution is 14.0. The van der Waals surface area contributed by atoms with E-state index in [1.54, 1.807) is 12.5 Å². The van der Waals surface area contributed by atoms with Gasteiger partial charge in [-0.2, -0.15) is 0 Å². The topological polar surface area (TPSA) is 98.5 Å². The summed E-state index contributed by atoms with van der Waals surface area (Å²) in [6.07, 6.45) is 4.35. The second-order valence-corrected chi connectivity index (χ2v) is 6.92. The van der Waals surface area contributed by atoms with Gasteiger partial charge < -0.3 is 24.7 Å². The molecule has 0 saturated carbocycles. The van der Waals surface area contributed by atoms with Gasteiger partial charge in [0.05, 0.1) is 13.2 Å². The van der Waals surface area contributed by atoms with Crippen molar-refractivity contribution in [2.45, 2.75) is 40.3 Å². The molecule has 0 radical (unpaired) electrons. The molecular formula is C23H32IN7O2. The Labute approximate surface area is 212 Å². The van der Waals surface area contributed by atoms with E-state index in [0.717, 1.165) is 49.2 Å². The van der Waals surface area contributed by atoms with Crippen LogP contribution < -0.4 is 20.1 Å². The number of halogens is 1. The number of pyridine rings is 1. The molecule has 0 unspecified atom stereocenters. The first-order chi connectivity index (χ1) is 15.7. The Hall–Kier alpha value is -2.89. The van der Waals surface area contributed by atoms with Crippen LogP contribution in [0.2, 0.25) is 0 Å². The lowest BCUT2D eigenvalue weighted by Gasteiger charge is -2.12. The number of guanidine groups is 1. The molecule has 0 aliphatic heterocycles. The van der Waals surface area contributed by atoms with Gasteiger partial charge in [-0.1, -0.05) is 6.92 Å². The van der Waals surface area contributed by atoms with Gasteiger partial charge in [-0.3, -0.25) is 0 Å². The predicted molar refractivity (Wildman–Crippen MR) is 140 cm³/mol. The Morgan fingerprint density at radius 2 is 1.85 bits per heavy atom. The SMILES string of the molecule is CCNC(=NCc1ccnc(Oc2ccc(OCC)cc2)c1)NCCn1cnnc1CC.I. The lowest BCUT2D eigenvalue weighted by Crippen LogP contribution is -2.38. The van der Waals surface area contributed by atoms with Crippen LogP contribution in [0, 0.1) is 0 Å². The van der Waals surface area contributed by atoms with Crippen LogP contribution >= 0.6 is 24.0 Å². The average Bonchev–Trinajstić information content (AvgIpc) is 3.27. The Morgan fingerprint density at radius 1 is 1.06 bits per heavy atom. The highest BCUT2D eigenvalue weighted by Crippen LogP contribution is 2.23. The maximum Gasteiger partial charge on any atom is 0.219 e. The summed E-state index contributed by atoms with van der Waals surface area (Å²) in [4.78, 5) is 8.98. The quantitative estimate of drug-likeness (QED) is 0.207. The first kappa shape index (κ1) is 26.4. The van der Waals surface area contributed by atoms with Crippen molar-refractivity contribution in [3.63, 3.8) is 0 Å². The predicted octanol–water partition coefficient (Wildman–Crippen LogP) is 3.80. The highest BCUT2D eigenvalue weighted by Gasteiger charge is 2.04. The Bertz CT molecular complexity index is 992. The first-order valence-corrected chi connectivity index (χ1v) is 11.0. The van der Waals surface area contributed by atoms with Gasteiger partial charge in [-0.05, 0) is 49.7 Å². The molecule has 3 rings (SSSR count). The number of hydrogen-bond acceptors (Lipinski definition) is 6. The minimum Gasteiger partial charge on any atom is -0.494 e. The summed E-state index contributed by atoms with van der Waals surface area (Å²) in [5.41, 5.74) is 1.00. The van der Waals surface area contributed by atoms with Crippen LogP contribution in [0.4, 0.5) is 0 Å². The van der Waals surface area contributed by atoms with Crippen LogP contribution in [0.25, 0.3) is 0 Å². The second-order valence-electron chi connectivity index (χ2n) is 6.92. The van der Waals surface area contributed by atoms with Crippen molar-refractivity contribution in [1.29, 1.82) is 0 Å². The lowest BCUT2D eigenvalue weighted by atomic mass is 10.2. The molecular weight excluding hydrogens is 533 g/mol. The van der Waals surface area contributed by atoms with Gasteiger partial charge in [0.1, 0.15) is 23.7 Å². The zero-order chi connectivity index (χ0) is 22.6. The number of aryl methyl sites for hydroxylation is 1. The van der Waals surface area contributed by atoms with Crippen molar-refractivity contribution in [3.8, 4) is 17.4 Å². The minimum atomic E-state index is 0. The van der Waals surface area contributed by atoms with Gasteiger partial charge in [0.25, 0.3) is 0 Å². The molecule has 9 nitrogen and oxygen atoms in total. The van der Waals surface area contributed by atoms with Gasteiger partial charge >= 0.3 is 0 Å². The van der Waals surface area contributed by atoms with Gasteiger partial charge in [-0.25, -0.2) is 9.98 Å². The molecule has 0 spiro atoms. The van der Waals surface area contributed by atoms with E-state index >= 15 is 0 Å². The molecule has 0 aliphatic rings. The maximum atomic E-state index is 5.87. The van der Waals surface area contributed by atoms with Crippen molar-refractivity contribution in [1.82, 2.24) is 30.4 Å². The van der Waals surface area contributed by atoms with E-state index in [1.807, 2.05) is 54.8 Å². The number of rotatable bonds is 11. The fourth-order valence-corrected chi connectivity index (χ4v) is 3.04. The Kier molecular flexibility index (Phi) is 11.4. The molecule has 0 bridgehead atoms. The smallest absolute Gasteiger partial charge is 0.219 e. The van der Waals surface area contributed by atoms with E-state index in [1.165, 1.54) is 0 Å². The van der Waals surface area contributed by atoms with E-state index in [4.69, 9.17) is 9.47 Å². The maximum absolute atomic E-state index is 5.87. The molecule has 2 heterocycles. The average molecular weight is 565 g/mol. The zero-order valence-corrected chi connectivity index (χ0v) is 21.7. The molecule has 1 aromatic carbocycles. The molecule has 0 atom stereocenters. The van der Waals surface area contributed by atoms with E-state index in [9.17, 15) is 0 Å². The first-order valence-electron chi connectivity index (χ1n) is 11.0. The Balaban J connectivity index is 0.00000385. The van der Waals surface area contributed by atoms with Crippen LogP contribution in [0.15, 0.2) is 53.9 Å². The van der Waals surface area contributed by atoms with Crippen molar-refractivity contribution in [2.24, 2.45) is 4.99 Å². The summed E-state index contributed by atoms with van der Waals surface area (Å²) in [7, 11) is 0. The fraction of sp³-hybridized carbons (Fsp3) is 0.391. The number of aliphatic imine (C=N–C) groups is 1. The van der Waals surface area contributed by atoms with E-state index in [2.05, 4.69) is 37.7 Å². The number of benzene rings is 1. The summed E-state index contributed by atoms with van der Waals surface area (Å²) >= 11 is 0. The zero-order valence-electron chi connectivity index (χ0n) is 19.3. The van der Waals surface area contributed by atoms with E-state index in [-0.39, 0.29) is 24.0 Å². The van der Waals surface area contributed by atoms with Crippen LogP contribution in [0.3, 0.4) is 0 Å². The number of nitrogens with zero attached hydrogens (tertiary/aromatic N) is 5. The van der Waals surface area contributed by atoms with Crippen molar-refractivity contribution in [3.05, 3.63) is 60.3 Å². The van der Waals surface area contributed by atoms with Crippen LogP contribution in [0.5, 0.6) is 17.4 Å². The molecule has 178 valence electrons. The van der Waals surface area contributed by atoms with E-state index in [0.29, 0.717) is 24.8 Å². The molecule has 3 aromatic rings. The molecule has 2 aromatic heterocycles. The normalized spacial score (nSPS) is 10.9. The van der Waals surface area contributed by atoms with Gasteiger partial charge in [-0.15, -0.1) is 34.2 Å². The molecule has 0 amide bonds. The minimum absolute atomic E-state index is 0. The lowest BCUT2D eigenvalue weighted by molar-refractivity contribution is 0.339. The summed E-state index contributed by atoms with van der Waals surface area (Å²) in [6.45, 7) is 9.48. The molecule has 0 fully saturated rings. The van der Waals surface area contributed by atoms with Crippen LogP contribution in [-0.4, -0.2) is 45.4 Å². The Morgan fingerprint density at radius 3 is 2.58 bits per heavy atom. The van der Waals surface area contributed by atoms with Crippen molar-refractivity contribution < 1.29 is 9.47 Å². The summed E-state index contributed by atoms with van der Waals surface area (Å²) < 4.78 is 13.4.